The minimum Gasteiger partial charge on any atom is -0.508 e. The van der Waals surface area contributed by atoms with Gasteiger partial charge in [0.05, 0.1) is 10.9 Å². The number of fused-ring (bicyclic) bond motifs is 1. The Balaban J connectivity index is 2.31. The standard InChI is InChI=1S/C15H10O3/c16-11-6-7-12-14(8-11)18-9-13(15(12)17)10-4-2-1-3-5-10/h1,6-9,16H,2,4H2. The molecule has 1 aliphatic rings. The highest BCUT2D eigenvalue weighted by Crippen LogP contribution is 2.22. The van der Waals surface area contributed by atoms with Crippen LogP contribution < -0.4 is 5.43 Å². The van der Waals surface area contributed by atoms with Gasteiger partial charge in [0.25, 0.3) is 0 Å². The molecule has 0 fully saturated rings. The normalized spacial score (nSPS) is 13.9. The van der Waals surface area contributed by atoms with E-state index in [0.29, 0.717) is 16.5 Å². The molecule has 2 aromatic rings. The molecule has 18 heavy (non-hydrogen) atoms. The molecular weight excluding hydrogens is 228 g/mol. The van der Waals surface area contributed by atoms with Gasteiger partial charge in [0, 0.05) is 11.6 Å². The van der Waals surface area contributed by atoms with E-state index in [2.05, 4.69) is 11.5 Å². The summed E-state index contributed by atoms with van der Waals surface area (Å²) in [6.45, 7) is 0. The van der Waals surface area contributed by atoms with E-state index in [9.17, 15) is 9.90 Å². The topological polar surface area (TPSA) is 50.4 Å². The zero-order valence-electron chi connectivity index (χ0n) is 9.56. The highest BCUT2D eigenvalue weighted by molar-refractivity contribution is 5.81. The molecule has 0 spiro atoms. The van der Waals surface area contributed by atoms with Crippen LogP contribution in [0.3, 0.4) is 0 Å². The van der Waals surface area contributed by atoms with Crippen LogP contribution in [0.4, 0.5) is 0 Å². The average Bonchev–Trinajstić information content (AvgIpc) is 2.40. The SMILES string of the molecule is O=c1c(C2=C=C=CCC2)coc2cc(O)ccc12. The third kappa shape index (κ3) is 1.68. The summed E-state index contributed by atoms with van der Waals surface area (Å²) < 4.78 is 5.40. The number of phenols is 1. The van der Waals surface area contributed by atoms with Gasteiger partial charge in [-0.3, -0.25) is 4.79 Å². The van der Waals surface area contributed by atoms with Crippen molar-refractivity contribution in [2.75, 3.05) is 0 Å². The lowest BCUT2D eigenvalue weighted by Crippen LogP contribution is -2.08. The Labute approximate surface area is 103 Å². The van der Waals surface area contributed by atoms with Crippen molar-refractivity contribution in [2.45, 2.75) is 12.8 Å². The first-order valence-corrected chi connectivity index (χ1v) is 5.69. The molecular formula is C15H10O3. The predicted octanol–water partition coefficient (Wildman–Crippen LogP) is 2.99. The van der Waals surface area contributed by atoms with E-state index in [1.54, 1.807) is 6.07 Å². The zero-order valence-corrected chi connectivity index (χ0v) is 9.56. The molecule has 0 amide bonds. The molecule has 0 saturated carbocycles. The fraction of sp³-hybridized carbons (Fsp3) is 0.133. The molecule has 1 aromatic heterocycles. The molecule has 0 unspecified atom stereocenters. The second-order valence-corrected chi connectivity index (χ2v) is 4.15. The number of rotatable bonds is 1. The summed E-state index contributed by atoms with van der Waals surface area (Å²) in [5, 5.41) is 9.81. The lowest BCUT2D eigenvalue weighted by Gasteiger charge is -2.05. The lowest BCUT2D eigenvalue weighted by molar-refractivity contribution is 0.474. The van der Waals surface area contributed by atoms with Crippen LogP contribution in [0.5, 0.6) is 5.75 Å². The van der Waals surface area contributed by atoms with Crippen LogP contribution in [0.25, 0.3) is 16.5 Å². The largest absolute Gasteiger partial charge is 0.508 e. The van der Waals surface area contributed by atoms with Crippen LogP contribution in [0, 0.1) is 0 Å². The van der Waals surface area contributed by atoms with Crippen molar-refractivity contribution in [3.05, 3.63) is 57.8 Å². The third-order valence-corrected chi connectivity index (χ3v) is 2.95. The lowest BCUT2D eigenvalue weighted by atomic mass is 10.0. The van der Waals surface area contributed by atoms with Crippen LogP contribution >= 0.6 is 0 Å². The molecule has 88 valence electrons. The van der Waals surface area contributed by atoms with Gasteiger partial charge in [0.2, 0.25) is 5.43 Å². The minimum atomic E-state index is -0.0950. The quantitative estimate of drug-likeness (QED) is 0.777. The zero-order chi connectivity index (χ0) is 12.5. The van der Waals surface area contributed by atoms with E-state index in [1.807, 2.05) is 6.08 Å². The maximum absolute atomic E-state index is 12.3. The smallest absolute Gasteiger partial charge is 0.200 e. The van der Waals surface area contributed by atoms with E-state index in [4.69, 9.17) is 4.42 Å². The summed E-state index contributed by atoms with van der Waals surface area (Å²) >= 11 is 0. The van der Waals surface area contributed by atoms with E-state index in [1.165, 1.54) is 18.4 Å². The molecule has 3 heteroatoms. The fourth-order valence-corrected chi connectivity index (χ4v) is 2.02. The number of hydrogen-bond donors (Lipinski definition) is 1. The molecule has 0 aliphatic heterocycles. The third-order valence-electron chi connectivity index (χ3n) is 2.95. The first-order chi connectivity index (χ1) is 8.75. The van der Waals surface area contributed by atoms with Crippen molar-refractivity contribution in [1.29, 1.82) is 0 Å². The monoisotopic (exact) mass is 238 g/mol. The van der Waals surface area contributed by atoms with Gasteiger partial charge in [0.15, 0.2) is 0 Å². The molecule has 1 aliphatic carbocycles. The van der Waals surface area contributed by atoms with Crippen molar-refractivity contribution in [2.24, 2.45) is 0 Å². The maximum atomic E-state index is 12.3. The van der Waals surface area contributed by atoms with Gasteiger partial charge >= 0.3 is 0 Å². The highest BCUT2D eigenvalue weighted by atomic mass is 16.3. The van der Waals surface area contributed by atoms with Gasteiger partial charge in [-0.25, -0.2) is 0 Å². The Morgan fingerprint density at radius 3 is 3.00 bits per heavy atom. The highest BCUT2D eigenvalue weighted by Gasteiger charge is 2.12. The summed E-state index contributed by atoms with van der Waals surface area (Å²) in [7, 11) is 0. The predicted molar refractivity (Wildman–Crippen MR) is 68.4 cm³/mol. The fourth-order valence-electron chi connectivity index (χ4n) is 2.02. The van der Waals surface area contributed by atoms with Gasteiger partial charge in [0.1, 0.15) is 17.6 Å². The number of benzene rings is 1. The van der Waals surface area contributed by atoms with Gasteiger partial charge in [-0.2, -0.15) is 0 Å². The number of aromatic hydroxyl groups is 1. The van der Waals surface area contributed by atoms with Crippen molar-refractivity contribution in [3.63, 3.8) is 0 Å². The van der Waals surface area contributed by atoms with E-state index >= 15 is 0 Å². The Morgan fingerprint density at radius 1 is 1.33 bits per heavy atom. The first-order valence-electron chi connectivity index (χ1n) is 5.69. The molecule has 0 radical (unpaired) electrons. The Kier molecular flexibility index (Phi) is 2.42. The Bertz CT molecular complexity index is 783. The van der Waals surface area contributed by atoms with Crippen molar-refractivity contribution >= 4 is 16.5 Å². The Hall–Kier alpha value is -2.47. The van der Waals surface area contributed by atoms with E-state index in [0.717, 1.165) is 18.4 Å². The van der Waals surface area contributed by atoms with Crippen LogP contribution in [0.2, 0.25) is 0 Å². The number of allylic oxidation sites excluding steroid dienone is 2. The molecule has 1 N–H and O–H groups in total. The van der Waals surface area contributed by atoms with Gasteiger partial charge < -0.3 is 9.52 Å². The second kappa shape index (κ2) is 4.08. The van der Waals surface area contributed by atoms with Crippen LogP contribution in [-0.2, 0) is 0 Å². The molecule has 1 heterocycles. The van der Waals surface area contributed by atoms with Crippen LogP contribution in [0.15, 0.2) is 51.2 Å². The summed E-state index contributed by atoms with van der Waals surface area (Å²) in [5.41, 5.74) is 7.48. The van der Waals surface area contributed by atoms with Crippen LogP contribution in [0.1, 0.15) is 18.4 Å². The second-order valence-electron chi connectivity index (χ2n) is 4.15. The summed E-state index contributed by atoms with van der Waals surface area (Å²) in [6.07, 6.45) is 4.94. The molecule has 3 nitrogen and oxygen atoms in total. The Morgan fingerprint density at radius 2 is 2.22 bits per heavy atom. The van der Waals surface area contributed by atoms with Crippen molar-refractivity contribution < 1.29 is 9.52 Å². The maximum Gasteiger partial charge on any atom is 0.200 e. The van der Waals surface area contributed by atoms with Crippen molar-refractivity contribution in [1.82, 2.24) is 0 Å². The summed E-state index contributed by atoms with van der Waals surface area (Å²) in [5.74, 6) is 0.0816. The van der Waals surface area contributed by atoms with Gasteiger partial charge in [-0.1, -0.05) is 11.5 Å². The molecule has 1 aromatic carbocycles. The van der Waals surface area contributed by atoms with Crippen LogP contribution in [-0.4, -0.2) is 5.11 Å². The molecule has 0 atom stereocenters. The minimum absolute atomic E-state index is 0.0816. The van der Waals surface area contributed by atoms with E-state index in [-0.39, 0.29) is 11.2 Å². The van der Waals surface area contributed by atoms with E-state index < -0.39 is 0 Å². The van der Waals surface area contributed by atoms with Gasteiger partial charge in [-0.15, -0.1) is 0 Å². The average molecular weight is 238 g/mol. The number of hydrogen-bond acceptors (Lipinski definition) is 3. The first kappa shape index (κ1) is 10.7. The molecule has 3 rings (SSSR count). The molecule has 0 bridgehead atoms. The van der Waals surface area contributed by atoms with Gasteiger partial charge in [-0.05, 0) is 31.1 Å². The summed E-state index contributed by atoms with van der Waals surface area (Å²) in [4.78, 5) is 12.3. The molecule has 0 saturated heterocycles. The number of phenolic OH excluding ortho intramolecular Hbond substituents is 1. The van der Waals surface area contributed by atoms with Crippen molar-refractivity contribution in [3.8, 4) is 5.75 Å². The summed E-state index contributed by atoms with van der Waals surface area (Å²) in [6, 6.07) is 4.49.